The standard InChI is InChI=1S/C9H18N2/c1-2-3-6-11-7-4-5-9(10)8-11/h2-3,9H,4-8,10H2,1H3/b3-2+. The number of nitrogens with zero attached hydrogens (tertiary/aromatic N) is 1. The summed E-state index contributed by atoms with van der Waals surface area (Å²) in [6.45, 7) is 5.43. The molecule has 0 aliphatic carbocycles. The van der Waals surface area contributed by atoms with Crippen molar-refractivity contribution >= 4 is 0 Å². The second-order valence-corrected chi connectivity index (χ2v) is 3.23. The number of nitrogens with two attached hydrogens (primary N) is 1. The van der Waals surface area contributed by atoms with E-state index in [1.807, 2.05) is 0 Å². The normalized spacial score (nSPS) is 28.0. The van der Waals surface area contributed by atoms with Crippen LogP contribution in [0.25, 0.3) is 0 Å². The van der Waals surface area contributed by atoms with Crippen LogP contribution >= 0.6 is 0 Å². The molecule has 0 spiro atoms. The highest BCUT2D eigenvalue weighted by atomic mass is 15.1. The number of hydrogen-bond donors (Lipinski definition) is 1. The number of allylic oxidation sites excluding steroid dienone is 1. The Hall–Kier alpha value is -0.340. The summed E-state index contributed by atoms with van der Waals surface area (Å²) in [5, 5.41) is 0. The van der Waals surface area contributed by atoms with Crippen molar-refractivity contribution in [1.82, 2.24) is 4.90 Å². The molecule has 0 aromatic carbocycles. The van der Waals surface area contributed by atoms with E-state index < -0.39 is 0 Å². The Morgan fingerprint density at radius 2 is 2.45 bits per heavy atom. The molecule has 2 nitrogen and oxygen atoms in total. The fourth-order valence-corrected chi connectivity index (χ4v) is 1.51. The van der Waals surface area contributed by atoms with E-state index in [4.69, 9.17) is 5.73 Å². The van der Waals surface area contributed by atoms with Gasteiger partial charge in [0.05, 0.1) is 0 Å². The number of likely N-dealkylation sites (tertiary alicyclic amines) is 1. The van der Waals surface area contributed by atoms with Gasteiger partial charge in [0.1, 0.15) is 0 Å². The fraction of sp³-hybridized carbons (Fsp3) is 0.778. The first-order valence-electron chi connectivity index (χ1n) is 4.42. The summed E-state index contributed by atoms with van der Waals surface area (Å²) in [5.41, 5.74) is 5.83. The third-order valence-electron chi connectivity index (χ3n) is 2.14. The predicted molar refractivity (Wildman–Crippen MR) is 48.5 cm³/mol. The van der Waals surface area contributed by atoms with E-state index in [1.54, 1.807) is 0 Å². The predicted octanol–water partition coefficient (Wildman–Crippen LogP) is 0.986. The maximum absolute atomic E-state index is 5.83. The molecule has 0 amide bonds. The molecule has 1 atom stereocenters. The van der Waals surface area contributed by atoms with E-state index in [9.17, 15) is 0 Å². The average molecular weight is 154 g/mol. The van der Waals surface area contributed by atoms with Crippen molar-refractivity contribution < 1.29 is 0 Å². The highest BCUT2D eigenvalue weighted by Gasteiger charge is 2.14. The van der Waals surface area contributed by atoms with Gasteiger partial charge in [0.2, 0.25) is 0 Å². The van der Waals surface area contributed by atoms with E-state index in [2.05, 4.69) is 24.0 Å². The molecule has 2 N–H and O–H groups in total. The lowest BCUT2D eigenvalue weighted by Gasteiger charge is -2.29. The molecule has 1 fully saturated rings. The van der Waals surface area contributed by atoms with Crippen molar-refractivity contribution in [2.45, 2.75) is 25.8 Å². The zero-order valence-electron chi connectivity index (χ0n) is 7.29. The highest BCUT2D eigenvalue weighted by molar-refractivity contribution is 4.84. The van der Waals surface area contributed by atoms with Gasteiger partial charge in [0, 0.05) is 19.1 Å². The van der Waals surface area contributed by atoms with Crippen LogP contribution in [-0.4, -0.2) is 30.6 Å². The van der Waals surface area contributed by atoms with E-state index in [0.717, 1.165) is 13.1 Å². The SMILES string of the molecule is C/C=C/CN1CCCC(N)C1. The summed E-state index contributed by atoms with van der Waals surface area (Å²) in [7, 11) is 0. The molecular weight excluding hydrogens is 136 g/mol. The minimum atomic E-state index is 0.411. The second-order valence-electron chi connectivity index (χ2n) is 3.23. The molecule has 2 heteroatoms. The molecule has 1 aliphatic rings. The van der Waals surface area contributed by atoms with Crippen LogP contribution in [0.4, 0.5) is 0 Å². The van der Waals surface area contributed by atoms with Crippen LogP contribution in [0.5, 0.6) is 0 Å². The van der Waals surface area contributed by atoms with Crippen LogP contribution in [0.1, 0.15) is 19.8 Å². The Kier molecular flexibility index (Phi) is 3.60. The van der Waals surface area contributed by atoms with Crippen molar-refractivity contribution in [2.75, 3.05) is 19.6 Å². The zero-order chi connectivity index (χ0) is 8.10. The van der Waals surface area contributed by atoms with Crippen LogP contribution in [0, 0.1) is 0 Å². The Balaban J connectivity index is 2.22. The monoisotopic (exact) mass is 154 g/mol. The molecule has 0 aromatic rings. The minimum Gasteiger partial charge on any atom is -0.327 e. The van der Waals surface area contributed by atoms with Crippen molar-refractivity contribution in [2.24, 2.45) is 5.73 Å². The van der Waals surface area contributed by atoms with Gasteiger partial charge >= 0.3 is 0 Å². The molecule has 1 saturated heterocycles. The maximum Gasteiger partial charge on any atom is 0.0168 e. The number of rotatable bonds is 2. The second kappa shape index (κ2) is 4.52. The summed E-state index contributed by atoms with van der Waals surface area (Å²) in [5.74, 6) is 0. The van der Waals surface area contributed by atoms with E-state index >= 15 is 0 Å². The molecular formula is C9H18N2. The lowest BCUT2D eigenvalue weighted by atomic mass is 10.1. The van der Waals surface area contributed by atoms with Gasteiger partial charge in [-0.05, 0) is 26.3 Å². The van der Waals surface area contributed by atoms with Gasteiger partial charge in [0.25, 0.3) is 0 Å². The van der Waals surface area contributed by atoms with Gasteiger partial charge in [0.15, 0.2) is 0 Å². The van der Waals surface area contributed by atoms with Gasteiger partial charge < -0.3 is 5.73 Å². The molecule has 0 aromatic heterocycles. The molecule has 0 saturated carbocycles. The summed E-state index contributed by atoms with van der Waals surface area (Å²) >= 11 is 0. The molecule has 1 aliphatic heterocycles. The number of piperidine rings is 1. The molecule has 1 unspecified atom stereocenters. The Bertz CT molecular complexity index is 132. The first kappa shape index (κ1) is 8.75. The summed E-state index contributed by atoms with van der Waals surface area (Å²) in [6.07, 6.45) is 6.75. The van der Waals surface area contributed by atoms with Crippen LogP contribution < -0.4 is 5.73 Å². The molecule has 0 radical (unpaired) electrons. The quantitative estimate of drug-likeness (QED) is 0.601. The van der Waals surface area contributed by atoms with Crippen molar-refractivity contribution in [3.63, 3.8) is 0 Å². The molecule has 11 heavy (non-hydrogen) atoms. The van der Waals surface area contributed by atoms with Crippen LogP contribution in [0.3, 0.4) is 0 Å². The van der Waals surface area contributed by atoms with Crippen molar-refractivity contribution in [1.29, 1.82) is 0 Å². The van der Waals surface area contributed by atoms with Gasteiger partial charge in [-0.3, -0.25) is 4.90 Å². The summed E-state index contributed by atoms with van der Waals surface area (Å²) in [4.78, 5) is 2.41. The topological polar surface area (TPSA) is 29.3 Å². The molecule has 1 rings (SSSR count). The van der Waals surface area contributed by atoms with E-state index in [1.165, 1.54) is 19.4 Å². The first-order chi connectivity index (χ1) is 5.33. The third kappa shape index (κ3) is 3.04. The lowest BCUT2D eigenvalue weighted by Crippen LogP contribution is -2.42. The average Bonchev–Trinajstić information content (AvgIpc) is 2.01. The van der Waals surface area contributed by atoms with E-state index in [-0.39, 0.29) is 0 Å². The van der Waals surface area contributed by atoms with Gasteiger partial charge in [-0.2, -0.15) is 0 Å². The summed E-state index contributed by atoms with van der Waals surface area (Å²) in [6, 6.07) is 0.411. The molecule has 1 heterocycles. The Morgan fingerprint density at radius 1 is 1.64 bits per heavy atom. The highest BCUT2D eigenvalue weighted by Crippen LogP contribution is 2.07. The fourth-order valence-electron chi connectivity index (χ4n) is 1.51. The zero-order valence-corrected chi connectivity index (χ0v) is 7.29. The molecule has 0 bridgehead atoms. The smallest absolute Gasteiger partial charge is 0.0168 e. The van der Waals surface area contributed by atoms with Gasteiger partial charge in [-0.15, -0.1) is 0 Å². The van der Waals surface area contributed by atoms with Gasteiger partial charge in [-0.1, -0.05) is 12.2 Å². The number of hydrogen-bond acceptors (Lipinski definition) is 2. The summed E-state index contributed by atoms with van der Waals surface area (Å²) < 4.78 is 0. The maximum atomic E-state index is 5.83. The van der Waals surface area contributed by atoms with Crippen LogP contribution in [0.2, 0.25) is 0 Å². The Morgan fingerprint density at radius 3 is 3.09 bits per heavy atom. The largest absolute Gasteiger partial charge is 0.327 e. The third-order valence-corrected chi connectivity index (χ3v) is 2.14. The lowest BCUT2D eigenvalue weighted by molar-refractivity contribution is 0.229. The molecule has 64 valence electrons. The van der Waals surface area contributed by atoms with Gasteiger partial charge in [-0.25, -0.2) is 0 Å². The minimum absolute atomic E-state index is 0.411. The first-order valence-corrected chi connectivity index (χ1v) is 4.42. The van der Waals surface area contributed by atoms with E-state index in [0.29, 0.717) is 6.04 Å². The van der Waals surface area contributed by atoms with Crippen LogP contribution in [-0.2, 0) is 0 Å². The Labute approximate surface area is 69.1 Å². The van der Waals surface area contributed by atoms with Crippen molar-refractivity contribution in [3.8, 4) is 0 Å². The van der Waals surface area contributed by atoms with Crippen molar-refractivity contribution in [3.05, 3.63) is 12.2 Å². The van der Waals surface area contributed by atoms with Crippen LogP contribution in [0.15, 0.2) is 12.2 Å².